The lowest BCUT2D eigenvalue weighted by Crippen LogP contribution is -2.14. The molecule has 1 aliphatic heterocycles. The minimum absolute atomic E-state index is 0.00492. The second kappa shape index (κ2) is 22.8. The first-order valence-corrected chi connectivity index (χ1v) is 22.2. The molecular formula is C53H58N2O9. The summed E-state index contributed by atoms with van der Waals surface area (Å²) in [5.41, 5.74) is 21.4. The second-order valence-corrected chi connectivity index (χ2v) is 15.9. The van der Waals surface area contributed by atoms with Gasteiger partial charge in [-0.2, -0.15) is 0 Å². The topological polar surface area (TPSA) is 135 Å². The zero-order valence-electron chi connectivity index (χ0n) is 36.4. The van der Waals surface area contributed by atoms with Crippen LogP contribution in [0.1, 0.15) is 63.8 Å². The smallest absolute Gasteiger partial charge is 0.230 e. The molecule has 0 amide bonds. The molecule has 0 atom stereocenters. The predicted octanol–water partition coefficient (Wildman–Crippen LogP) is 9.35. The number of nitrogens with two attached hydrogens (primary N) is 2. The molecule has 1 aliphatic carbocycles. The van der Waals surface area contributed by atoms with Gasteiger partial charge in [0.15, 0.2) is 0 Å². The van der Waals surface area contributed by atoms with Gasteiger partial charge in [-0.1, -0.05) is 72.8 Å². The highest BCUT2D eigenvalue weighted by Gasteiger charge is 2.22. The van der Waals surface area contributed by atoms with Crippen molar-refractivity contribution in [1.82, 2.24) is 0 Å². The van der Waals surface area contributed by atoms with Gasteiger partial charge >= 0.3 is 0 Å². The van der Waals surface area contributed by atoms with Crippen LogP contribution in [0.15, 0.2) is 121 Å². The SMILES string of the molecule is Nc1ccc(OCOc2c3cccc2Cc2cccc4c2OCCOCCOCCOCCCCCOc2c(cccc2Cc2cccc(c2OCOc2ccc(N)cc2)C4)C3)cc1. The van der Waals surface area contributed by atoms with Crippen molar-refractivity contribution >= 4 is 11.4 Å². The van der Waals surface area contributed by atoms with Crippen LogP contribution in [-0.4, -0.2) is 66.4 Å². The number of para-hydroxylation sites is 4. The summed E-state index contributed by atoms with van der Waals surface area (Å²) in [6.07, 6.45) is 4.97. The summed E-state index contributed by atoms with van der Waals surface area (Å²) in [5.74, 6) is 4.50. The van der Waals surface area contributed by atoms with E-state index in [1.165, 1.54) is 0 Å². The van der Waals surface area contributed by atoms with Crippen LogP contribution < -0.4 is 39.9 Å². The predicted molar refractivity (Wildman–Crippen MR) is 248 cm³/mol. The third kappa shape index (κ3) is 12.2. The Labute approximate surface area is 376 Å². The van der Waals surface area contributed by atoms with E-state index in [2.05, 4.69) is 72.8 Å². The lowest BCUT2D eigenvalue weighted by molar-refractivity contribution is 0.00864. The van der Waals surface area contributed by atoms with E-state index in [0.717, 1.165) is 86.8 Å². The third-order valence-electron chi connectivity index (χ3n) is 11.3. The first-order valence-electron chi connectivity index (χ1n) is 22.2. The fraction of sp³-hybridized carbons (Fsp3) is 0.321. The summed E-state index contributed by atoms with van der Waals surface area (Å²) in [6, 6.07) is 40.1. The number of benzene rings is 6. The van der Waals surface area contributed by atoms with Crippen LogP contribution in [0, 0.1) is 0 Å². The van der Waals surface area contributed by atoms with Crippen LogP contribution in [0.2, 0.25) is 0 Å². The van der Waals surface area contributed by atoms with Crippen molar-refractivity contribution in [1.29, 1.82) is 0 Å². The van der Waals surface area contributed by atoms with E-state index in [1.807, 2.05) is 48.5 Å². The van der Waals surface area contributed by atoms with Crippen LogP contribution in [0.5, 0.6) is 34.5 Å². The average Bonchev–Trinajstić information content (AvgIpc) is 3.30. The number of hydrogen-bond acceptors (Lipinski definition) is 11. The van der Waals surface area contributed by atoms with Crippen LogP contribution >= 0.6 is 0 Å². The van der Waals surface area contributed by atoms with E-state index in [9.17, 15) is 0 Å². The first kappa shape index (κ1) is 44.2. The molecule has 0 unspecified atom stereocenters. The molecule has 334 valence electrons. The fourth-order valence-electron chi connectivity index (χ4n) is 8.07. The molecule has 64 heavy (non-hydrogen) atoms. The highest BCUT2D eigenvalue weighted by atomic mass is 16.7. The molecule has 0 fully saturated rings. The molecule has 0 aromatic heterocycles. The Morgan fingerprint density at radius 3 is 1.11 bits per heavy atom. The molecule has 8 rings (SSSR count). The minimum atomic E-state index is 0.00492. The highest BCUT2D eigenvalue weighted by Crippen LogP contribution is 2.39. The van der Waals surface area contributed by atoms with Gasteiger partial charge in [0.05, 0.1) is 39.6 Å². The van der Waals surface area contributed by atoms with Crippen LogP contribution in [0.25, 0.3) is 0 Å². The molecule has 6 aromatic rings. The Morgan fingerprint density at radius 1 is 0.344 bits per heavy atom. The molecule has 0 radical (unpaired) electrons. The number of rotatable bonds is 8. The molecule has 11 nitrogen and oxygen atoms in total. The summed E-state index contributed by atoms with van der Waals surface area (Å²) >= 11 is 0. The van der Waals surface area contributed by atoms with Crippen LogP contribution in [0.3, 0.4) is 0 Å². The molecule has 11 heteroatoms. The van der Waals surface area contributed by atoms with E-state index in [-0.39, 0.29) is 13.6 Å². The van der Waals surface area contributed by atoms with Crippen molar-refractivity contribution < 1.29 is 42.6 Å². The van der Waals surface area contributed by atoms with E-state index in [0.29, 0.717) is 101 Å². The zero-order chi connectivity index (χ0) is 43.8. The summed E-state index contributed by atoms with van der Waals surface area (Å²) in [7, 11) is 0. The summed E-state index contributed by atoms with van der Waals surface area (Å²) in [6.45, 7) is 4.00. The largest absolute Gasteiger partial charge is 0.493 e. The quantitative estimate of drug-likeness (QED) is 0.112. The van der Waals surface area contributed by atoms with Gasteiger partial charge in [0.25, 0.3) is 0 Å². The van der Waals surface area contributed by atoms with E-state index >= 15 is 0 Å². The Kier molecular flexibility index (Phi) is 15.8. The summed E-state index contributed by atoms with van der Waals surface area (Å²) in [5, 5.41) is 0. The second-order valence-electron chi connectivity index (χ2n) is 15.9. The molecule has 4 N–H and O–H groups in total. The normalized spacial score (nSPS) is 15.2. The maximum Gasteiger partial charge on any atom is 0.230 e. The molecule has 0 saturated heterocycles. The lowest BCUT2D eigenvalue weighted by Gasteiger charge is -2.23. The molecule has 10 bridgehead atoms. The number of ether oxygens (including phenoxy) is 9. The van der Waals surface area contributed by atoms with E-state index < -0.39 is 0 Å². The summed E-state index contributed by atoms with van der Waals surface area (Å²) in [4.78, 5) is 0. The minimum Gasteiger partial charge on any atom is -0.493 e. The average molecular weight is 867 g/mol. The van der Waals surface area contributed by atoms with Crippen molar-refractivity contribution in [3.63, 3.8) is 0 Å². The molecule has 0 spiro atoms. The van der Waals surface area contributed by atoms with Gasteiger partial charge in [0.2, 0.25) is 13.6 Å². The summed E-state index contributed by atoms with van der Waals surface area (Å²) < 4.78 is 56.7. The van der Waals surface area contributed by atoms with Gasteiger partial charge < -0.3 is 54.1 Å². The maximum atomic E-state index is 6.85. The van der Waals surface area contributed by atoms with Crippen molar-refractivity contribution in [2.24, 2.45) is 0 Å². The molecular weight excluding hydrogens is 809 g/mol. The first-order chi connectivity index (χ1) is 31.6. The van der Waals surface area contributed by atoms with Crippen LogP contribution in [0.4, 0.5) is 11.4 Å². The van der Waals surface area contributed by atoms with Gasteiger partial charge in [-0.3, -0.25) is 0 Å². The lowest BCUT2D eigenvalue weighted by atomic mass is 9.91. The maximum absolute atomic E-state index is 6.85. The van der Waals surface area contributed by atoms with Gasteiger partial charge in [-0.25, -0.2) is 0 Å². The van der Waals surface area contributed by atoms with Gasteiger partial charge in [-0.05, 0) is 112 Å². The Morgan fingerprint density at radius 2 is 0.688 bits per heavy atom. The fourth-order valence-corrected chi connectivity index (χ4v) is 8.07. The van der Waals surface area contributed by atoms with Crippen LogP contribution in [-0.2, 0) is 39.9 Å². The number of nitrogen functional groups attached to an aromatic ring is 2. The Bertz CT molecular complexity index is 2150. The number of hydrogen-bond donors (Lipinski definition) is 2. The van der Waals surface area contributed by atoms with Crippen molar-refractivity contribution in [3.05, 3.63) is 166 Å². The van der Waals surface area contributed by atoms with Crippen molar-refractivity contribution in [2.75, 3.05) is 77.9 Å². The highest BCUT2D eigenvalue weighted by molar-refractivity contribution is 5.56. The van der Waals surface area contributed by atoms with Crippen molar-refractivity contribution in [3.8, 4) is 34.5 Å². The van der Waals surface area contributed by atoms with Crippen molar-refractivity contribution in [2.45, 2.75) is 44.9 Å². The number of anilines is 2. The zero-order valence-corrected chi connectivity index (χ0v) is 36.4. The molecule has 1 heterocycles. The van der Waals surface area contributed by atoms with E-state index in [1.54, 1.807) is 0 Å². The monoisotopic (exact) mass is 866 g/mol. The molecule has 6 aromatic carbocycles. The Hall–Kier alpha value is -6.40. The van der Waals surface area contributed by atoms with Gasteiger partial charge in [0, 0.05) is 43.7 Å². The Balaban J connectivity index is 1.21. The third-order valence-corrected chi connectivity index (χ3v) is 11.3. The molecule has 2 aliphatic rings. The standard InChI is InChI=1S/C53H58N2O9/c54-46-16-20-48(21-17-46)61-36-63-52-42-12-6-14-44(52)34-40-10-5-11-41-35-45-15-7-13-43(53(45)64-37-62-49-22-18-47(55)19-23-49)33-39-9-4-8-38(32-42)50(39)59-25-3-1-2-24-56-26-27-57-28-29-58-30-31-60-51(40)41/h4-23H,1-3,24-37,54-55H2. The number of fused-ring (bicyclic) bond motifs is 2. The molecule has 0 saturated carbocycles. The van der Waals surface area contributed by atoms with Gasteiger partial charge in [0.1, 0.15) is 41.1 Å². The van der Waals surface area contributed by atoms with Gasteiger partial charge in [-0.15, -0.1) is 0 Å². The van der Waals surface area contributed by atoms with E-state index in [4.69, 9.17) is 54.1 Å².